The summed E-state index contributed by atoms with van der Waals surface area (Å²) in [6.45, 7) is 4.66. The minimum Gasteiger partial charge on any atom is -0.394 e. The number of aryl methyl sites for hydroxylation is 1. The van der Waals surface area contributed by atoms with Crippen molar-refractivity contribution in [3.8, 4) is 5.69 Å². The number of fused-ring (bicyclic) bond motifs is 1. The van der Waals surface area contributed by atoms with Crippen molar-refractivity contribution in [1.82, 2.24) is 30.0 Å². The highest BCUT2D eigenvalue weighted by Crippen LogP contribution is 2.25. The minimum atomic E-state index is 0.00909. The van der Waals surface area contributed by atoms with Gasteiger partial charge in [0.05, 0.1) is 12.6 Å². The lowest BCUT2D eigenvalue weighted by atomic mass is 9.95. The molecule has 5 rings (SSSR count). The molecule has 7 heteroatoms. The van der Waals surface area contributed by atoms with E-state index in [4.69, 9.17) is 0 Å². The number of piperidine rings is 1. The fourth-order valence-electron chi connectivity index (χ4n) is 5.27. The first-order valence-corrected chi connectivity index (χ1v) is 12.3. The topological polar surface area (TPSA) is 82.0 Å². The van der Waals surface area contributed by atoms with Crippen LogP contribution in [0.5, 0.6) is 0 Å². The Hall–Kier alpha value is -3.00. The summed E-state index contributed by atoms with van der Waals surface area (Å²) in [5.74, 6) is 0. The lowest BCUT2D eigenvalue weighted by Crippen LogP contribution is -2.48. The van der Waals surface area contributed by atoms with E-state index in [2.05, 4.69) is 68.9 Å². The number of rotatable bonds is 9. The standard InChI is InChI=1S/C27H34N6O/c1-20-14-23(31-27(17-34)21-6-3-2-4-7-21)11-13-32(20)12-5-8-22-16-28-26-10-9-24(15-25(22)26)33-18-29-30-19-33/h2-4,6-7,9-10,15-16,18-20,23,27-28,31,34H,5,8,11-14,17H2,1H3/t20?,23?,27-/m0/s1. The molecule has 0 spiro atoms. The largest absolute Gasteiger partial charge is 0.394 e. The molecular weight excluding hydrogens is 424 g/mol. The first-order chi connectivity index (χ1) is 16.7. The fraction of sp³-hybridized carbons (Fsp3) is 0.407. The molecule has 3 atom stereocenters. The second-order valence-corrected chi connectivity index (χ2v) is 9.44. The van der Waals surface area contributed by atoms with Gasteiger partial charge in [-0.1, -0.05) is 30.3 Å². The monoisotopic (exact) mass is 458 g/mol. The third-order valence-electron chi connectivity index (χ3n) is 7.19. The lowest BCUT2D eigenvalue weighted by molar-refractivity contribution is 0.122. The van der Waals surface area contributed by atoms with Crippen molar-refractivity contribution in [3.05, 3.63) is 78.5 Å². The first-order valence-electron chi connectivity index (χ1n) is 12.3. The van der Waals surface area contributed by atoms with Gasteiger partial charge >= 0.3 is 0 Å². The van der Waals surface area contributed by atoms with Gasteiger partial charge in [-0.25, -0.2) is 0 Å². The van der Waals surface area contributed by atoms with E-state index in [1.807, 2.05) is 22.8 Å². The van der Waals surface area contributed by atoms with E-state index in [-0.39, 0.29) is 12.6 Å². The number of aliphatic hydroxyl groups excluding tert-OH is 1. The Morgan fingerprint density at radius 2 is 1.97 bits per heavy atom. The summed E-state index contributed by atoms with van der Waals surface area (Å²) >= 11 is 0. The van der Waals surface area contributed by atoms with Gasteiger partial charge in [-0.15, -0.1) is 10.2 Å². The van der Waals surface area contributed by atoms with Gasteiger partial charge in [-0.05, 0) is 75.0 Å². The molecule has 0 saturated carbocycles. The van der Waals surface area contributed by atoms with Crippen molar-refractivity contribution in [1.29, 1.82) is 0 Å². The molecule has 2 aromatic heterocycles. The normalized spacial score (nSPS) is 20.1. The number of nitrogens with one attached hydrogen (secondary N) is 2. The average molecular weight is 459 g/mol. The summed E-state index contributed by atoms with van der Waals surface area (Å²) < 4.78 is 1.94. The summed E-state index contributed by atoms with van der Waals surface area (Å²) in [5, 5.41) is 22.7. The SMILES string of the molecule is CC1CC(N[C@@H](CO)c2ccccc2)CCN1CCCc1c[nH]c2ccc(-n3cnnc3)cc12. The van der Waals surface area contributed by atoms with Crippen LogP contribution in [0.25, 0.3) is 16.6 Å². The van der Waals surface area contributed by atoms with Crippen molar-refractivity contribution in [2.45, 2.75) is 50.7 Å². The fourth-order valence-corrected chi connectivity index (χ4v) is 5.27. The zero-order valence-electron chi connectivity index (χ0n) is 19.8. The summed E-state index contributed by atoms with van der Waals surface area (Å²) in [7, 11) is 0. The van der Waals surface area contributed by atoms with Gasteiger partial charge in [0.15, 0.2) is 0 Å². The van der Waals surface area contributed by atoms with Gasteiger partial charge in [0.2, 0.25) is 0 Å². The molecule has 4 aromatic rings. The Bertz CT molecular complexity index is 1170. The molecule has 1 aliphatic rings. The molecule has 34 heavy (non-hydrogen) atoms. The Morgan fingerprint density at radius 1 is 1.15 bits per heavy atom. The zero-order valence-corrected chi connectivity index (χ0v) is 19.8. The Morgan fingerprint density at radius 3 is 2.74 bits per heavy atom. The van der Waals surface area contributed by atoms with E-state index in [9.17, 15) is 5.11 Å². The molecule has 0 radical (unpaired) electrons. The van der Waals surface area contributed by atoms with Crippen LogP contribution in [0.1, 0.15) is 43.4 Å². The number of likely N-dealkylation sites (tertiary alicyclic amines) is 1. The number of nitrogens with zero attached hydrogens (tertiary/aromatic N) is 4. The third kappa shape index (κ3) is 5.06. The molecule has 2 aromatic carbocycles. The molecule has 2 unspecified atom stereocenters. The summed E-state index contributed by atoms with van der Waals surface area (Å²) in [5.41, 5.74) is 4.77. The molecular formula is C27H34N6O. The molecule has 7 nitrogen and oxygen atoms in total. The number of aromatic nitrogens is 4. The predicted molar refractivity (Wildman–Crippen MR) is 135 cm³/mol. The first kappa shape index (κ1) is 22.8. The number of hydrogen-bond acceptors (Lipinski definition) is 5. The minimum absolute atomic E-state index is 0.00909. The second kappa shape index (κ2) is 10.5. The van der Waals surface area contributed by atoms with Gasteiger partial charge in [0, 0.05) is 34.9 Å². The van der Waals surface area contributed by atoms with Crippen molar-refractivity contribution >= 4 is 10.9 Å². The number of hydrogen-bond donors (Lipinski definition) is 3. The quantitative estimate of drug-likeness (QED) is 0.355. The lowest BCUT2D eigenvalue weighted by Gasteiger charge is -2.39. The molecule has 0 amide bonds. The summed E-state index contributed by atoms with van der Waals surface area (Å²) in [4.78, 5) is 6.04. The predicted octanol–water partition coefficient (Wildman–Crippen LogP) is 3.86. The van der Waals surface area contributed by atoms with Crippen LogP contribution in [0.15, 0.2) is 67.4 Å². The van der Waals surface area contributed by atoms with Crippen LogP contribution in [-0.2, 0) is 6.42 Å². The number of H-pyrrole nitrogens is 1. The van der Waals surface area contributed by atoms with E-state index in [0.717, 1.165) is 50.0 Å². The summed E-state index contributed by atoms with van der Waals surface area (Å²) in [6, 6.07) is 17.7. The highest BCUT2D eigenvalue weighted by Gasteiger charge is 2.27. The maximum absolute atomic E-state index is 9.90. The average Bonchev–Trinajstić information content (AvgIpc) is 3.54. The second-order valence-electron chi connectivity index (χ2n) is 9.44. The van der Waals surface area contributed by atoms with Crippen LogP contribution in [0.4, 0.5) is 0 Å². The van der Waals surface area contributed by atoms with Crippen LogP contribution in [0.2, 0.25) is 0 Å². The van der Waals surface area contributed by atoms with E-state index in [1.54, 1.807) is 12.7 Å². The Kier molecular flexibility index (Phi) is 7.04. The van der Waals surface area contributed by atoms with Gasteiger partial charge in [-0.3, -0.25) is 4.57 Å². The van der Waals surface area contributed by atoms with Crippen molar-refractivity contribution < 1.29 is 5.11 Å². The smallest absolute Gasteiger partial charge is 0.123 e. The third-order valence-corrected chi connectivity index (χ3v) is 7.19. The number of benzene rings is 2. The molecule has 3 heterocycles. The van der Waals surface area contributed by atoms with Crippen LogP contribution in [0.3, 0.4) is 0 Å². The maximum atomic E-state index is 9.90. The molecule has 1 fully saturated rings. The number of aliphatic hydroxyl groups is 1. The van der Waals surface area contributed by atoms with Gasteiger partial charge in [0.1, 0.15) is 12.7 Å². The summed E-state index contributed by atoms with van der Waals surface area (Å²) in [6.07, 6.45) is 10.0. The molecule has 3 N–H and O–H groups in total. The highest BCUT2D eigenvalue weighted by molar-refractivity contribution is 5.85. The molecule has 0 aliphatic carbocycles. The zero-order chi connectivity index (χ0) is 23.3. The van der Waals surface area contributed by atoms with E-state index < -0.39 is 0 Å². The van der Waals surface area contributed by atoms with Gasteiger partial charge < -0.3 is 20.3 Å². The van der Waals surface area contributed by atoms with Gasteiger partial charge in [0.25, 0.3) is 0 Å². The number of aromatic amines is 1. The highest BCUT2D eigenvalue weighted by atomic mass is 16.3. The maximum Gasteiger partial charge on any atom is 0.123 e. The molecule has 178 valence electrons. The van der Waals surface area contributed by atoms with Crippen molar-refractivity contribution in [3.63, 3.8) is 0 Å². The molecule has 1 saturated heterocycles. The molecule has 0 bridgehead atoms. The van der Waals surface area contributed by atoms with E-state index >= 15 is 0 Å². The Labute approximate surface area is 200 Å². The van der Waals surface area contributed by atoms with Crippen molar-refractivity contribution in [2.75, 3.05) is 19.7 Å². The molecule has 1 aliphatic heterocycles. The van der Waals surface area contributed by atoms with Crippen LogP contribution >= 0.6 is 0 Å². The van der Waals surface area contributed by atoms with Crippen LogP contribution in [-0.4, -0.2) is 61.5 Å². The van der Waals surface area contributed by atoms with E-state index in [1.165, 1.54) is 16.5 Å². The van der Waals surface area contributed by atoms with Gasteiger partial charge in [-0.2, -0.15) is 0 Å². The van der Waals surface area contributed by atoms with Crippen LogP contribution < -0.4 is 5.32 Å². The van der Waals surface area contributed by atoms with Crippen molar-refractivity contribution in [2.24, 2.45) is 0 Å². The van der Waals surface area contributed by atoms with E-state index in [0.29, 0.717) is 12.1 Å². The Balaban J connectivity index is 1.14. The van der Waals surface area contributed by atoms with Crippen LogP contribution in [0, 0.1) is 0 Å².